The molecule has 3 aromatic rings. The van der Waals surface area contributed by atoms with Crippen molar-refractivity contribution < 1.29 is 17.7 Å². The highest BCUT2D eigenvalue weighted by molar-refractivity contribution is 7.91. The van der Waals surface area contributed by atoms with Crippen molar-refractivity contribution in [3.8, 4) is 11.1 Å². The van der Waals surface area contributed by atoms with Crippen LogP contribution in [-0.4, -0.2) is 58.0 Å². The van der Waals surface area contributed by atoms with E-state index in [-0.39, 0.29) is 34.9 Å². The molecule has 182 valence electrons. The Morgan fingerprint density at radius 3 is 2.71 bits per heavy atom. The zero-order valence-corrected chi connectivity index (χ0v) is 19.5. The van der Waals surface area contributed by atoms with Crippen molar-refractivity contribution in [3.05, 3.63) is 35.9 Å². The third-order valence-corrected chi connectivity index (χ3v) is 8.45. The monoisotopic (exact) mass is 507 g/mol. The summed E-state index contributed by atoms with van der Waals surface area (Å²) in [7, 11) is -6.24. The van der Waals surface area contributed by atoms with Crippen LogP contribution in [0.1, 0.15) is 12.0 Å². The van der Waals surface area contributed by atoms with Crippen LogP contribution in [0.2, 0.25) is 0 Å². The number of anilines is 1. The van der Waals surface area contributed by atoms with Crippen LogP contribution in [0.15, 0.2) is 45.2 Å². The van der Waals surface area contributed by atoms with E-state index in [1.807, 2.05) is 0 Å². The minimum atomic E-state index is -4.44. The van der Waals surface area contributed by atoms with Crippen molar-refractivity contribution in [1.82, 2.24) is 20.8 Å². The molecule has 34 heavy (non-hydrogen) atoms. The van der Waals surface area contributed by atoms with Crippen LogP contribution >= 0.6 is 0 Å². The van der Waals surface area contributed by atoms with Gasteiger partial charge >= 0.3 is 0 Å². The van der Waals surface area contributed by atoms with Crippen molar-refractivity contribution >= 4 is 43.6 Å². The molecule has 2 heterocycles. The number of para-hydroxylation sites is 1. The molecule has 0 saturated carbocycles. The topological polar surface area (TPSA) is 241 Å². The molecule has 1 saturated heterocycles. The SMILES string of the molecule is NN/N=C(\N)c1c(-c2cccc3[nH]c(N)nc23)ccc(S(=O)C2CNC(CO)C2)c1S(N)(=O)=O. The van der Waals surface area contributed by atoms with Gasteiger partial charge in [0.2, 0.25) is 10.0 Å². The van der Waals surface area contributed by atoms with E-state index >= 15 is 0 Å². The molecule has 0 aliphatic carbocycles. The summed E-state index contributed by atoms with van der Waals surface area (Å²) in [5, 5.41) is 21.4. The molecule has 0 radical (unpaired) electrons. The summed E-state index contributed by atoms with van der Waals surface area (Å²) in [4.78, 5) is 6.77. The summed E-state index contributed by atoms with van der Waals surface area (Å²) in [6.45, 7) is 0.206. The maximum absolute atomic E-state index is 13.5. The first-order chi connectivity index (χ1) is 16.2. The maximum Gasteiger partial charge on any atom is 0.240 e. The van der Waals surface area contributed by atoms with Crippen LogP contribution in [0.3, 0.4) is 0 Å². The Bertz CT molecular complexity index is 1400. The third kappa shape index (κ3) is 4.36. The van der Waals surface area contributed by atoms with Crippen molar-refractivity contribution in [2.24, 2.45) is 21.8 Å². The largest absolute Gasteiger partial charge is 0.395 e. The first-order valence-corrected chi connectivity index (χ1v) is 12.9. The van der Waals surface area contributed by atoms with Crippen molar-refractivity contribution in [1.29, 1.82) is 0 Å². The predicted molar refractivity (Wildman–Crippen MR) is 129 cm³/mol. The number of amidine groups is 1. The summed E-state index contributed by atoms with van der Waals surface area (Å²) >= 11 is 0. The number of imidazole rings is 1. The first kappa shape index (κ1) is 24.1. The van der Waals surface area contributed by atoms with E-state index in [2.05, 4.69) is 25.9 Å². The molecular weight excluding hydrogens is 482 g/mol. The molecule has 0 bridgehead atoms. The van der Waals surface area contributed by atoms with Crippen LogP contribution in [0, 0.1) is 0 Å². The normalized spacial score (nSPS) is 20.0. The Kier molecular flexibility index (Phi) is 6.57. The van der Waals surface area contributed by atoms with Gasteiger partial charge in [-0.05, 0) is 24.1 Å². The zero-order valence-electron chi connectivity index (χ0n) is 17.9. The standard InChI is InChI=1S/C19H25N9O4S2/c20-18(27-28-22)15-11(12-2-1-3-13-16(12)26-19(21)25-13)4-5-14(17(15)34(23,31)32)33(30)10-6-9(8-29)24-7-10/h1-5,9-10,24,28-29H,6-8,22H2,(H2,20,27)(H3,21,25,26)(H2,23,31,32). The molecule has 0 spiro atoms. The van der Waals surface area contributed by atoms with E-state index < -0.39 is 31.0 Å². The van der Waals surface area contributed by atoms with Gasteiger partial charge in [0.15, 0.2) is 11.8 Å². The number of hydrogen-bond acceptors (Lipinski definition) is 10. The number of aromatic amines is 1. The molecule has 1 aliphatic rings. The third-order valence-electron chi connectivity index (χ3n) is 5.59. The van der Waals surface area contributed by atoms with E-state index in [1.165, 1.54) is 6.07 Å². The smallest absolute Gasteiger partial charge is 0.240 e. The summed E-state index contributed by atoms with van der Waals surface area (Å²) in [6, 6.07) is 7.99. The lowest BCUT2D eigenvalue weighted by atomic mass is 9.97. The fourth-order valence-corrected chi connectivity index (χ4v) is 7.08. The minimum absolute atomic E-state index is 0.0180. The number of nitrogens with zero attached hydrogens (tertiary/aromatic N) is 2. The highest BCUT2D eigenvalue weighted by atomic mass is 32.2. The molecule has 13 nitrogen and oxygen atoms in total. The van der Waals surface area contributed by atoms with E-state index in [1.54, 1.807) is 24.3 Å². The first-order valence-electron chi connectivity index (χ1n) is 10.1. The van der Waals surface area contributed by atoms with Gasteiger partial charge in [-0.15, -0.1) is 5.10 Å². The molecule has 1 aliphatic heterocycles. The number of sulfonamides is 1. The Morgan fingerprint density at radius 1 is 1.29 bits per heavy atom. The number of nitrogens with two attached hydrogens (primary N) is 4. The summed E-state index contributed by atoms with van der Waals surface area (Å²) < 4.78 is 39.2. The molecule has 4 rings (SSSR count). The number of benzene rings is 2. The van der Waals surface area contributed by atoms with Crippen molar-refractivity contribution in [2.75, 3.05) is 18.9 Å². The number of aliphatic hydroxyl groups excluding tert-OH is 1. The van der Waals surface area contributed by atoms with Gasteiger partial charge in [0, 0.05) is 23.7 Å². The lowest BCUT2D eigenvalue weighted by molar-refractivity contribution is 0.255. The average Bonchev–Trinajstić information content (AvgIpc) is 3.42. The molecule has 3 unspecified atom stereocenters. The second-order valence-electron chi connectivity index (χ2n) is 7.75. The number of fused-ring (bicyclic) bond motifs is 1. The molecule has 1 aromatic heterocycles. The van der Waals surface area contributed by atoms with Crippen LogP contribution in [0.4, 0.5) is 5.95 Å². The lowest BCUT2D eigenvalue weighted by Gasteiger charge is -2.19. The Hall–Kier alpha value is -3.08. The van der Waals surface area contributed by atoms with Crippen LogP contribution in [0.25, 0.3) is 22.2 Å². The number of nitrogens with one attached hydrogen (secondary N) is 3. The maximum atomic E-state index is 13.5. The summed E-state index contributed by atoms with van der Waals surface area (Å²) in [6.07, 6.45) is 0.393. The van der Waals surface area contributed by atoms with E-state index in [4.69, 9.17) is 22.4 Å². The number of hydrazine groups is 1. The van der Waals surface area contributed by atoms with Gasteiger partial charge in [-0.2, -0.15) is 0 Å². The average molecular weight is 508 g/mol. The van der Waals surface area contributed by atoms with Gasteiger partial charge in [0.25, 0.3) is 0 Å². The van der Waals surface area contributed by atoms with Gasteiger partial charge in [-0.25, -0.2) is 29.9 Å². The predicted octanol–water partition coefficient (Wildman–Crippen LogP) is -1.63. The molecule has 0 amide bonds. The quantitative estimate of drug-likeness (QED) is 0.0785. The highest BCUT2D eigenvalue weighted by Gasteiger charge is 2.34. The van der Waals surface area contributed by atoms with Gasteiger partial charge in [0.1, 0.15) is 4.90 Å². The number of aliphatic hydroxyl groups is 1. The number of rotatable bonds is 7. The number of aromatic nitrogens is 2. The van der Waals surface area contributed by atoms with Crippen molar-refractivity contribution in [2.45, 2.75) is 27.5 Å². The Labute approximate surface area is 197 Å². The molecule has 2 aromatic carbocycles. The van der Waals surface area contributed by atoms with E-state index in [9.17, 15) is 17.7 Å². The molecule has 12 N–H and O–H groups in total. The second kappa shape index (κ2) is 9.28. The van der Waals surface area contributed by atoms with Crippen LogP contribution < -0.4 is 33.3 Å². The number of hydrazone groups is 1. The zero-order chi connectivity index (χ0) is 24.6. The van der Waals surface area contributed by atoms with Crippen LogP contribution in [0.5, 0.6) is 0 Å². The number of primary sulfonamides is 1. The minimum Gasteiger partial charge on any atom is -0.395 e. The van der Waals surface area contributed by atoms with Gasteiger partial charge in [-0.3, -0.25) is 4.21 Å². The summed E-state index contributed by atoms with van der Waals surface area (Å²) in [5.41, 5.74) is 15.9. The van der Waals surface area contributed by atoms with Gasteiger partial charge in [-0.1, -0.05) is 18.2 Å². The fourth-order valence-electron chi connectivity index (χ4n) is 4.14. The Balaban J connectivity index is 2.01. The summed E-state index contributed by atoms with van der Waals surface area (Å²) in [5.74, 6) is 5.21. The molecule has 1 fully saturated rings. The van der Waals surface area contributed by atoms with Gasteiger partial charge in [0.05, 0.1) is 38.6 Å². The molecule has 15 heteroatoms. The van der Waals surface area contributed by atoms with Crippen molar-refractivity contribution in [3.63, 3.8) is 0 Å². The highest BCUT2D eigenvalue weighted by Crippen LogP contribution is 2.37. The number of nitrogen functional groups attached to an aromatic ring is 1. The van der Waals surface area contributed by atoms with Crippen LogP contribution in [-0.2, 0) is 20.8 Å². The Morgan fingerprint density at radius 2 is 2.06 bits per heavy atom. The fraction of sp³-hybridized carbons (Fsp3) is 0.263. The van der Waals surface area contributed by atoms with E-state index in [0.717, 1.165) is 0 Å². The molecular formula is C19H25N9O4S2. The second-order valence-corrected chi connectivity index (χ2v) is 11.0. The van der Waals surface area contributed by atoms with E-state index in [0.29, 0.717) is 35.1 Å². The lowest BCUT2D eigenvalue weighted by Crippen LogP contribution is -2.29. The number of H-pyrrole nitrogens is 1. The number of hydrogen-bond donors (Lipinski definition) is 8. The molecule has 3 atom stereocenters. The van der Waals surface area contributed by atoms with Gasteiger partial charge < -0.3 is 26.9 Å².